The van der Waals surface area contributed by atoms with Crippen molar-refractivity contribution in [1.29, 1.82) is 0 Å². The van der Waals surface area contributed by atoms with Gasteiger partial charge in [-0.2, -0.15) is 0 Å². The van der Waals surface area contributed by atoms with E-state index in [0.717, 1.165) is 23.7 Å². The van der Waals surface area contributed by atoms with Crippen LogP contribution in [0.2, 0.25) is 0 Å². The Morgan fingerprint density at radius 2 is 1.63 bits per heavy atom. The minimum Gasteiger partial charge on any atom is -0.480 e. The predicted octanol–water partition coefficient (Wildman–Crippen LogP) is 1.82. The normalized spacial score (nSPS) is 39.7. The zero-order valence-electron chi connectivity index (χ0n) is 11.0. The third-order valence-corrected chi connectivity index (χ3v) is 5.18. The Kier molecular flexibility index (Phi) is 3.33. The number of allylic oxidation sites excluding steroid dienone is 1. The van der Waals surface area contributed by atoms with Gasteiger partial charge in [0.15, 0.2) is 0 Å². The summed E-state index contributed by atoms with van der Waals surface area (Å²) in [6, 6.07) is 0. The molecular weight excluding hydrogens is 242 g/mol. The van der Waals surface area contributed by atoms with E-state index in [1.54, 1.807) is 6.08 Å². The van der Waals surface area contributed by atoms with Crippen molar-refractivity contribution in [2.75, 3.05) is 6.54 Å². The smallest absolute Gasteiger partial charge is 0.322 e. The molecule has 0 aromatic carbocycles. The van der Waals surface area contributed by atoms with Crippen molar-refractivity contribution >= 4 is 11.9 Å². The number of hydrogen-bond donors (Lipinski definition) is 2. The molecule has 2 N–H and O–H groups in total. The number of aliphatic carboxylic acids is 1. The summed E-state index contributed by atoms with van der Waals surface area (Å²) in [5, 5.41) is 10.9. The molecule has 1 amide bonds. The van der Waals surface area contributed by atoms with E-state index >= 15 is 0 Å². The Bertz CT molecular complexity index is 388. The van der Waals surface area contributed by atoms with E-state index in [1.165, 1.54) is 32.1 Å². The molecule has 19 heavy (non-hydrogen) atoms. The van der Waals surface area contributed by atoms with Crippen LogP contribution >= 0.6 is 0 Å². The first-order chi connectivity index (χ1) is 9.11. The fourth-order valence-electron chi connectivity index (χ4n) is 4.70. The molecule has 4 fully saturated rings. The summed E-state index contributed by atoms with van der Waals surface area (Å²) < 4.78 is 0. The molecule has 0 unspecified atom stereocenters. The lowest BCUT2D eigenvalue weighted by molar-refractivity contribution is -0.137. The van der Waals surface area contributed by atoms with Gasteiger partial charge in [0.2, 0.25) is 5.91 Å². The van der Waals surface area contributed by atoms with Crippen LogP contribution in [-0.4, -0.2) is 23.5 Å². The summed E-state index contributed by atoms with van der Waals surface area (Å²) >= 11 is 0. The zero-order chi connectivity index (χ0) is 13.4. The van der Waals surface area contributed by atoms with Gasteiger partial charge in [-0.1, -0.05) is 6.08 Å². The lowest BCUT2D eigenvalue weighted by Gasteiger charge is -2.53. The van der Waals surface area contributed by atoms with E-state index in [1.807, 2.05) is 6.08 Å². The lowest BCUT2D eigenvalue weighted by Crippen LogP contribution is -2.44. The zero-order valence-corrected chi connectivity index (χ0v) is 11.0. The molecule has 0 aromatic heterocycles. The Morgan fingerprint density at radius 1 is 1.05 bits per heavy atom. The Labute approximate surface area is 113 Å². The van der Waals surface area contributed by atoms with E-state index < -0.39 is 5.97 Å². The maximum Gasteiger partial charge on any atom is 0.322 e. The summed E-state index contributed by atoms with van der Waals surface area (Å²) in [6.45, 7) is -0.301. The van der Waals surface area contributed by atoms with Gasteiger partial charge in [0.1, 0.15) is 6.54 Å². The Balaban J connectivity index is 1.58. The SMILES string of the molecule is O=C(O)CNC(=O)/C=C/C1C2CC3CC(C2)CC1C3. The highest BCUT2D eigenvalue weighted by Gasteiger charge is 2.47. The molecule has 0 atom stereocenters. The maximum absolute atomic E-state index is 11.5. The van der Waals surface area contributed by atoms with Crippen LogP contribution in [0.5, 0.6) is 0 Å². The lowest BCUT2D eigenvalue weighted by atomic mass is 9.52. The molecule has 4 aliphatic carbocycles. The van der Waals surface area contributed by atoms with E-state index in [9.17, 15) is 9.59 Å². The molecule has 0 saturated heterocycles. The number of carboxylic acids is 1. The topological polar surface area (TPSA) is 66.4 Å². The minimum absolute atomic E-state index is 0.281. The predicted molar refractivity (Wildman–Crippen MR) is 70.3 cm³/mol. The van der Waals surface area contributed by atoms with Crippen LogP contribution in [0.1, 0.15) is 32.1 Å². The number of amides is 1. The molecule has 0 aliphatic heterocycles. The van der Waals surface area contributed by atoms with Crippen molar-refractivity contribution in [3.05, 3.63) is 12.2 Å². The van der Waals surface area contributed by atoms with Gasteiger partial charge >= 0.3 is 5.97 Å². The molecule has 4 saturated carbocycles. The van der Waals surface area contributed by atoms with E-state index in [-0.39, 0.29) is 12.5 Å². The molecule has 4 aliphatic rings. The van der Waals surface area contributed by atoms with Gasteiger partial charge in [-0.15, -0.1) is 0 Å². The van der Waals surface area contributed by atoms with Gasteiger partial charge in [-0.3, -0.25) is 9.59 Å². The van der Waals surface area contributed by atoms with Gasteiger partial charge in [0.25, 0.3) is 0 Å². The molecule has 4 heteroatoms. The average Bonchev–Trinajstić information content (AvgIpc) is 2.34. The van der Waals surface area contributed by atoms with Crippen LogP contribution in [0.3, 0.4) is 0 Å². The van der Waals surface area contributed by atoms with Crippen molar-refractivity contribution in [2.24, 2.45) is 29.6 Å². The van der Waals surface area contributed by atoms with Crippen LogP contribution < -0.4 is 5.32 Å². The van der Waals surface area contributed by atoms with E-state index in [4.69, 9.17) is 5.11 Å². The van der Waals surface area contributed by atoms with Crippen LogP contribution in [-0.2, 0) is 9.59 Å². The second-order valence-electron chi connectivity index (χ2n) is 6.48. The minimum atomic E-state index is -1.00. The van der Waals surface area contributed by atoms with Gasteiger partial charge in [-0.05, 0) is 67.8 Å². The molecule has 0 heterocycles. The largest absolute Gasteiger partial charge is 0.480 e. The van der Waals surface area contributed by atoms with Crippen molar-refractivity contribution in [3.63, 3.8) is 0 Å². The van der Waals surface area contributed by atoms with Gasteiger partial charge < -0.3 is 10.4 Å². The quantitative estimate of drug-likeness (QED) is 0.760. The second-order valence-corrected chi connectivity index (χ2v) is 6.48. The summed E-state index contributed by atoms with van der Waals surface area (Å²) in [5.41, 5.74) is 0. The molecule has 0 spiro atoms. The van der Waals surface area contributed by atoms with Gasteiger partial charge in [0, 0.05) is 0 Å². The van der Waals surface area contributed by atoms with Crippen molar-refractivity contribution in [2.45, 2.75) is 32.1 Å². The van der Waals surface area contributed by atoms with Crippen LogP contribution in [0.25, 0.3) is 0 Å². The highest BCUT2D eigenvalue weighted by atomic mass is 16.4. The molecule has 0 aromatic rings. The number of nitrogens with one attached hydrogen (secondary N) is 1. The van der Waals surface area contributed by atoms with Gasteiger partial charge in [-0.25, -0.2) is 0 Å². The standard InChI is InChI=1S/C15H21NO3/c17-14(16-8-15(18)19)2-1-13-11-4-9-3-10(6-11)7-12(13)5-9/h1-2,9-13H,3-8H2,(H,16,17)(H,18,19)/b2-1+. The maximum atomic E-state index is 11.5. The Hall–Kier alpha value is -1.32. The highest BCUT2D eigenvalue weighted by molar-refractivity contribution is 5.89. The second kappa shape index (κ2) is 4.99. The molecule has 4 rings (SSSR count). The molecule has 4 nitrogen and oxygen atoms in total. The first-order valence-electron chi connectivity index (χ1n) is 7.29. The number of carboxylic acid groups (broad SMARTS) is 1. The van der Waals surface area contributed by atoms with E-state index in [2.05, 4.69) is 5.32 Å². The molecular formula is C15H21NO3. The molecule has 0 radical (unpaired) electrons. The number of rotatable bonds is 4. The molecule has 104 valence electrons. The Morgan fingerprint density at radius 3 is 2.16 bits per heavy atom. The summed E-state index contributed by atoms with van der Waals surface area (Å²) in [7, 11) is 0. The van der Waals surface area contributed by atoms with E-state index in [0.29, 0.717) is 5.92 Å². The number of carbonyl (C=O) groups excluding carboxylic acids is 1. The first-order valence-corrected chi connectivity index (χ1v) is 7.29. The van der Waals surface area contributed by atoms with Gasteiger partial charge in [0.05, 0.1) is 0 Å². The first kappa shape index (κ1) is 12.7. The fraction of sp³-hybridized carbons (Fsp3) is 0.733. The fourth-order valence-corrected chi connectivity index (χ4v) is 4.70. The van der Waals surface area contributed by atoms with Crippen molar-refractivity contribution in [1.82, 2.24) is 5.32 Å². The van der Waals surface area contributed by atoms with Crippen molar-refractivity contribution < 1.29 is 14.7 Å². The summed E-state index contributed by atoms with van der Waals surface area (Å²) in [6.07, 6.45) is 10.4. The number of carbonyl (C=O) groups is 2. The van der Waals surface area contributed by atoms with Crippen LogP contribution in [0.15, 0.2) is 12.2 Å². The third-order valence-electron chi connectivity index (χ3n) is 5.18. The number of hydrogen-bond acceptors (Lipinski definition) is 2. The highest BCUT2D eigenvalue weighted by Crippen LogP contribution is 2.56. The van der Waals surface area contributed by atoms with Crippen LogP contribution in [0.4, 0.5) is 0 Å². The van der Waals surface area contributed by atoms with Crippen LogP contribution in [0, 0.1) is 29.6 Å². The summed E-state index contributed by atoms with van der Waals surface area (Å²) in [4.78, 5) is 21.9. The van der Waals surface area contributed by atoms with Crippen molar-refractivity contribution in [3.8, 4) is 0 Å². The third kappa shape index (κ3) is 2.67. The average molecular weight is 263 g/mol. The molecule has 4 bridgehead atoms. The summed E-state index contributed by atoms with van der Waals surface area (Å²) in [5.74, 6) is 2.66. The monoisotopic (exact) mass is 263 g/mol.